The van der Waals surface area contributed by atoms with Crippen molar-refractivity contribution in [2.75, 3.05) is 0 Å². The first kappa shape index (κ1) is 11.5. The average Bonchev–Trinajstić information content (AvgIpc) is 2.84. The minimum Gasteiger partial charge on any atom is -0.336 e. The predicted octanol–water partition coefficient (Wildman–Crippen LogP) is 3.26. The van der Waals surface area contributed by atoms with Crippen LogP contribution in [0.25, 0.3) is 0 Å². The highest BCUT2D eigenvalue weighted by Gasteiger charge is 2.52. The first-order chi connectivity index (χ1) is 9.27. The Bertz CT molecular complexity index is 487. The van der Waals surface area contributed by atoms with E-state index in [0.29, 0.717) is 11.8 Å². The normalized spacial score (nSPS) is 39.4. The van der Waals surface area contributed by atoms with Gasteiger partial charge in [0.05, 0.1) is 24.5 Å². The maximum atomic E-state index is 8.68. The van der Waals surface area contributed by atoms with Crippen molar-refractivity contribution < 1.29 is 0 Å². The highest BCUT2D eigenvalue weighted by molar-refractivity contribution is 5.21. The third-order valence-corrected chi connectivity index (χ3v) is 5.70. The molecule has 4 fully saturated rings. The Hall–Kier alpha value is -1.30. The van der Waals surface area contributed by atoms with Crippen molar-refractivity contribution in [1.82, 2.24) is 9.55 Å². The summed E-state index contributed by atoms with van der Waals surface area (Å²) in [5, 5.41) is 8.68. The van der Waals surface area contributed by atoms with Crippen LogP contribution in [0.3, 0.4) is 0 Å². The summed E-state index contributed by atoms with van der Waals surface area (Å²) in [4.78, 5) is 4.71. The van der Waals surface area contributed by atoms with Crippen molar-refractivity contribution in [3.8, 4) is 6.07 Å². The topological polar surface area (TPSA) is 41.6 Å². The molecule has 0 aromatic carbocycles. The molecule has 5 rings (SSSR count). The molecule has 4 saturated carbocycles. The molecule has 1 aromatic rings. The standard InChI is InChI=1S/C16H21N3/c17-2-1-3-19-10-15(18-11-19)16-7-12-4-13(8-16)6-14(5-12)9-16/h10-14H,1,3-9H2. The summed E-state index contributed by atoms with van der Waals surface area (Å²) < 4.78 is 2.11. The molecule has 0 unspecified atom stereocenters. The molecule has 19 heavy (non-hydrogen) atoms. The van der Waals surface area contributed by atoms with Crippen molar-refractivity contribution in [3.05, 3.63) is 18.2 Å². The molecule has 1 heterocycles. The number of nitriles is 1. The van der Waals surface area contributed by atoms with Gasteiger partial charge in [0.25, 0.3) is 0 Å². The zero-order valence-electron chi connectivity index (χ0n) is 11.4. The summed E-state index contributed by atoms with van der Waals surface area (Å²) >= 11 is 0. The van der Waals surface area contributed by atoms with Crippen molar-refractivity contribution in [3.63, 3.8) is 0 Å². The Morgan fingerprint density at radius 3 is 2.42 bits per heavy atom. The van der Waals surface area contributed by atoms with Gasteiger partial charge < -0.3 is 4.57 Å². The van der Waals surface area contributed by atoms with Crippen LogP contribution < -0.4 is 0 Å². The van der Waals surface area contributed by atoms with E-state index in [4.69, 9.17) is 10.2 Å². The first-order valence-corrected chi connectivity index (χ1v) is 7.67. The Kier molecular flexibility index (Phi) is 2.48. The van der Waals surface area contributed by atoms with Crippen molar-refractivity contribution >= 4 is 0 Å². The number of hydrogen-bond acceptors (Lipinski definition) is 2. The Morgan fingerprint density at radius 2 is 1.84 bits per heavy atom. The van der Waals surface area contributed by atoms with Gasteiger partial charge in [0.2, 0.25) is 0 Å². The van der Waals surface area contributed by atoms with Gasteiger partial charge in [-0.15, -0.1) is 0 Å². The quantitative estimate of drug-likeness (QED) is 0.831. The van der Waals surface area contributed by atoms with Crippen molar-refractivity contribution in [1.29, 1.82) is 5.26 Å². The van der Waals surface area contributed by atoms with Crippen LogP contribution in [0.1, 0.15) is 50.6 Å². The van der Waals surface area contributed by atoms with Gasteiger partial charge in [-0.25, -0.2) is 4.98 Å². The fourth-order valence-corrected chi connectivity index (χ4v) is 5.36. The van der Waals surface area contributed by atoms with Gasteiger partial charge in [0, 0.05) is 18.2 Å². The lowest BCUT2D eigenvalue weighted by atomic mass is 9.49. The molecule has 3 heteroatoms. The summed E-state index contributed by atoms with van der Waals surface area (Å²) in [6.07, 6.45) is 13.3. The molecule has 100 valence electrons. The lowest BCUT2D eigenvalue weighted by Crippen LogP contribution is -2.48. The van der Waals surface area contributed by atoms with Gasteiger partial charge in [0.1, 0.15) is 0 Å². The molecule has 0 spiro atoms. The van der Waals surface area contributed by atoms with Crippen LogP contribution in [-0.4, -0.2) is 9.55 Å². The third-order valence-electron chi connectivity index (χ3n) is 5.70. The van der Waals surface area contributed by atoms with Crippen molar-refractivity contribution in [2.24, 2.45) is 17.8 Å². The smallest absolute Gasteiger partial charge is 0.0949 e. The van der Waals surface area contributed by atoms with Gasteiger partial charge in [-0.3, -0.25) is 0 Å². The van der Waals surface area contributed by atoms with Gasteiger partial charge in [-0.1, -0.05) is 0 Å². The minimum atomic E-state index is 0.395. The first-order valence-electron chi connectivity index (χ1n) is 7.67. The summed E-state index contributed by atoms with van der Waals surface area (Å²) in [6, 6.07) is 2.21. The zero-order chi connectivity index (χ0) is 12.9. The lowest BCUT2D eigenvalue weighted by molar-refractivity contribution is -0.00706. The maximum Gasteiger partial charge on any atom is 0.0949 e. The molecule has 4 aliphatic carbocycles. The van der Waals surface area contributed by atoms with Gasteiger partial charge >= 0.3 is 0 Å². The number of nitrogens with zero attached hydrogens (tertiary/aromatic N) is 3. The molecule has 1 aromatic heterocycles. The molecule has 3 nitrogen and oxygen atoms in total. The van der Waals surface area contributed by atoms with E-state index in [1.807, 2.05) is 6.33 Å². The summed E-state index contributed by atoms with van der Waals surface area (Å²) in [5.41, 5.74) is 1.72. The van der Waals surface area contributed by atoms with Crippen LogP contribution >= 0.6 is 0 Å². The van der Waals surface area contributed by atoms with Crippen molar-refractivity contribution in [2.45, 2.75) is 56.9 Å². The fourth-order valence-electron chi connectivity index (χ4n) is 5.36. The molecule has 0 saturated heterocycles. The van der Waals surface area contributed by atoms with Gasteiger partial charge in [-0.2, -0.15) is 5.26 Å². The van der Waals surface area contributed by atoms with E-state index < -0.39 is 0 Å². The van der Waals surface area contributed by atoms with Gasteiger partial charge in [-0.05, 0) is 56.3 Å². The second-order valence-electron chi connectivity index (χ2n) is 7.10. The summed E-state index contributed by atoms with van der Waals surface area (Å²) in [7, 11) is 0. The lowest BCUT2D eigenvalue weighted by Gasteiger charge is -2.56. The highest BCUT2D eigenvalue weighted by Crippen LogP contribution is 2.60. The van der Waals surface area contributed by atoms with E-state index in [1.54, 1.807) is 0 Å². The molecular weight excluding hydrogens is 234 g/mol. The molecular formula is C16H21N3. The number of aromatic nitrogens is 2. The van der Waals surface area contributed by atoms with E-state index in [9.17, 15) is 0 Å². The summed E-state index contributed by atoms with van der Waals surface area (Å²) in [5.74, 6) is 2.90. The number of imidazole rings is 1. The third kappa shape index (κ3) is 1.81. The minimum absolute atomic E-state index is 0.395. The molecule has 0 aliphatic heterocycles. The fraction of sp³-hybridized carbons (Fsp3) is 0.750. The molecule has 4 aliphatic rings. The van der Waals surface area contributed by atoms with E-state index >= 15 is 0 Å². The molecule has 0 N–H and O–H groups in total. The Labute approximate surface area is 114 Å². The van der Waals surface area contributed by atoms with Crippen LogP contribution in [0.4, 0.5) is 0 Å². The monoisotopic (exact) mass is 255 g/mol. The second kappa shape index (κ2) is 4.10. The van der Waals surface area contributed by atoms with E-state index in [1.165, 1.54) is 44.2 Å². The van der Waals surface area contributed by atoms with Gasteiger partial charge in [0.15, 0.2) is 0 Å². The second-order valence-corrected chi connectivity index (χ2v) is 7.10. The molecule has 0 radical (unpaired) electrons. The maximum absolute atomic E-state index is 8.68. The molecule has 0 atom stereocenters. The van der Waals surface area contributed by atoms with Crippen LogP contribution in [0, 0.1) is 29.1 Å². The Morgan fingerprint density at radius 1 is 1.21 bits per heavy atom. The van der Waals surface area contributed by atoms with Crippen LogP contribution in [0.15, 0.2) is 12.5 Å². The van der Waals surface area contributed by atoms with Crippen LogP contribution in [0.5, 0.6) is 0 Å². The molecule has 4 bridgehead atoms. The average molecular weight is 255 g/mol. The largest absolute Gasteiger partial charge is 0.336 e. The van der Waals surface area contributed by atoms with Crippen LogP contribution in [0.2, 0.25) is 0 Å². The highest BCUT2D eigenvalue weighted by atomic mass is 15.0. The molecule has 0 amide bonds. The number of aryl methyl sites for hydroxylation is 1. The van der Waals surface area contributed by atoms with E-state index in [-0.39, 0.29) is 0 Å². The van der Waals surface area contributed by atoms with Crippen LogP contribution in [-0.2, 0) is 12.0 Å². The van der Waals surface area contributed by atoms with E-state index in [2.05, 4.69) is 16.8 Å². The summed E-state index contributed by atoms with van der Waals surface area (Å²) in [6.45, 7) is 0.788. The Balaban J connectivity index is 1.61. The number of hydrogen-bond donors (Lipinski definition) is 0. The number of rotatable bonds is 3. The van der Waals surface area contributed by atoms with E-state index in [0.717, 1.165) is 24.3 Å². The SMILES string of the molecule is N#CCCn1cnc(C23CC4CC(CC(C4)C2)C3)c1. The predicted molar refractivity (Wildman–Crippen MR) is 72.3 cm³/mol. The zero-order valence-corrected chi connectivity index (χ0v) is 11.4.